The second kappa shape index (κ2) is 18.2. The Morgan fingerprint density at radius 3 is 2.43 bits per heavy atom. The number of allylic oxidation sites excluding steroid dienone is 3. The number of nitrogens with one attached hydrogen (secondary N) is 2. The molecule has 2 aliphatic rings. The second-order valence-corrected chi connectivity index (χ2v) is 13.1. The minimum absolute atomic E-state index is 0.0553. The van der Waals surface area contributed by atoms with E-state index in [2.05, 4.69) is 70.4 Å². The maximum Gasteiger partial charge on any atom is 0.317 e. The van der Waals surface area contributed by atoms with Crippen molar-refractivity contribution < 1.29 is 34.0 Å². The minimum Gasteiger partial charge on any atom is -0.381 e. The van der Waals surface area contributed by atoms with Gasteiger partial charge in [0.1, 0.15) is 0 Å². The molecule has 2 rings (SSSR count). The Bertz CT molecular complexity index is 949. The van der Waals surface area contributed by atoms with Crippen molar-refractivity contribution in [3.63, 3.8) is 0 Å². The number of hydrogen-bond acceptors (Lipinski definition) is 7. The summed E-state index contributed by atoms with van der Waals surface area (Å²) in [7, 11) is 1.78. The number of nitrogens with zero attached hydrogens (tertiary/aromatic N) is 1. The smallest absolute Gasteiger partial charge is 0.317 e. The Hall–Kier alpha value is -1.98. The number of aliphatic hydroxyl groups excluding tert-OH is 1. The van der Waals surface area contributed by atoms with E-state index in [1.165, 1.54) is 0 Å². The van der Waals surface area contributed by atoms with Gasteiger partial charge in [0.25, 0.3) is 0 Å². The van der Waals surface area contributed by atoms with Gasteiger partial charge in [-0.25, -0.2) is 4.79 Å². The molecule has 0 aliphatic carbocycles. The zero-order valence-electron chi connectivity index (χ0n) is 28.7. The standard InChI is InChI=1S/C34H61N3O7/c1-10-28(42-9)25(7)31-34(8,44-31)21-22(4)14-13-15-23(5)30-24(6)16-17-26(43-30)20-29(38)35-19-18-27(32(39)40)36-33(41)37(11-2)12-3/h13-15,22,24-28,30-32,39-40H,10-12,16-21H2,1-9H3,(H,35,38)(H,36,41)/b14-13+,23-15+/t22-,24+,25-,26-,27+,28+,30-,31-,34-/m1/s1. The highest BCUT2D eigenvalue weighted by Gasteiger charge is 2.56. The number of hydrogen-bond donors (Lipinski definition) is 4. The molecule has 2 heterocycles. The summed E-state index contributed by atoms with van der Waals surface area (Å²) in [5.74, 6) is 0.927. The van der Waals surface area contributed by atoms with Crippen molar-refractivity contribution in [1.82, 2.24) is 15.5 Å². The Kier molecular flexibility index (Phi) is 15.8. The average molecular weight is 624 g/mol. The summed E-state index contributed by atoms with van der Waals surface area (Å²) in [6, 6.07) is -1.24. The summed E-state index contributed by atoms with van der Waals surface area (Å²) in [5.41, 5.74) is 1.03. The summed E-state index contributed by atoms with van der Waals surface area (Å²) < 4.78 is 18.2. The van der Waals surface area contributed by atoms with Gasteiger partial charge in [-0.05, 0) is 77.2 Å². The third kappa shape index (κ3) is 11.4. The van der Waals surface area contributed by atoms with Crippen LogP contribution >= 0.6 is 0 Å². The van der Waals surface area contributed by atoms with E-state index in [-0.39, 0.29) is 61.3 Å². The molecule has 0 bridgehead atoms. The topological polar surface area (TPSA) is 133 Å². The highest BCUT2D eigenvalue weighted by atomic mass is 16.6. The van der Waals surface area contributed by atoms with E-state index in [9.17, 15) is 19.8 Å². The van der Waals surface area contributed by atoms with Gasteiger partial charge in [0.2, 0.25) is 5.91 Å². The maximum absolute atomic E-state index is 12.7. The molecular weight excluding hydrogens is 562 g/mol. The minimum atomic E-state index is -1.72. The molecule has 44 heavy (non-hydrogen) atoms. The Morgan fingerprint density at radius 1 is 1.16 bits per heavy atom. The van der Waals surface area contributed by atoms with Crippen molar-refractivity contribution >= 4 is 11.9 Å². The average Bonchev–Trinajstić information content (AvgIpc) is 3.64. The molecule has 2 saturated heterocycles. The first-order valence-electron chi connectivity index (χ1n) is 16.7. The van der Waals surface area contributed by atoms with Gasteiger partial charge in [0.15, 0.2) is 6.29 Å². The number of carbonyl (C=O) groups is 2. The van der Waals surface area contributed by atoms with E-state index < -0.39 is 12.3 Å². The van der Waals surface area contributed by atoms with E-state index in [1.807, 2.05) is 13.8 Å². The van der Waals surface area contributed by atoms with Crippen LogP contribution in [0.3, 0.4) is 0 Å². The Morgan fingerprint density at radius 2 is 1.84 bits per heavy atom. The van der Waals surface area contributed by atoms with Gasteiger partial charge in [0, 0.05) is 32.7 Å². The van der Waals surface area contributed by atoms with E-state index in [1.54, 1.807) is 12.0 Å². The predicted octanol–water partition coefficient (Wildman–Crippen LogP) is 4.54. The first kappa shape index (κ1) is 38.2. The van der Waals surface area contributed by atoms with Crippen molar-refractivity contribution in [2.24, 2.45) is 17.8 Å². The zero-order valence-corrected chi connectivity index (χ0v) is 28.7. The summed E-state index contributed by atoms with van der Waals surface area (Å²) in [6.45, 7) is 18.0. The fourth-order valence-corrected chi connectivity index (χ4v) is 6.65. The van der Waals surface area contributed by atoms with E-state index >= 15 is 0 Å². The molecule has 2 fully saturated rings. The number of carbonyl (C=O) groups excluding carboxylic acids is 2. The molecule has 9 atom stereocenters. The van der Waals surface area contributed by atoms with Crippen LogP contribution < -0.4 is 10.6 Å². The van der Waals surface area contributed by atoms with E-state index in [0.29, 0.717) is 30.8 Å². The van der Waals surface area contributed by atoms with Crippen molar-refractivity contribution in [2.75, 3.05) is 26.7 Å². The van der Waals surface area contributed by atoms with Crippen LogP contribution in [-0.4, -0.2) is 96.1 Å². The molecule has 10 nitrogen and oxygen atoms in total. The molecule has 0 unspecified atom stereocenters. The van der Waals surface area contributed by atoms with Crippen LogP contribution in [0.5, 0.6) is 0 Å². The van der Waals surface area contributed by atoms with Crippen molar-refractivity contribution in [3.05, 3.63) is 23.8 Å². The van der Waals surface area contributed by atoms with Gasteiger partial charge >= 0.3 is 6.03 Å². The van der Waals surface area contributed by atoms with Gasteiger partial charge in [-0.15, -0.1) is 0 Å². The molecule has 0 aromatic heterocycles. The second-order valence-electron chi connectivity index (χ2n) is 13.1. The quantitative estimate of drug-likeness (QED) is 0.100. The molecule has 0 saturated carbocycles. The van der Waals surface area contributed by atoms with Gasteiger partial charge < -0.3 is 40.0 Å². The number of urea groups is 1. The fraction of sp³-hybridized carbons (Fsp3) is 0.824. The van der Waals surface area contributed by atoms with Crippen LogP contribution in [0.4, 0.5) is 4.79 Å². The highest BCUT2D eigenvalue weighted by molar-refractivity contribution is 5.76. The lowest BCUT2D eigenvalue weighted by molar-refractivity contribution is -0.128. The lowest BCUT2D eigenvalue weighted by Crippen LogP contribution is -2.50. The molecule has 254 valence electrons. The molecule has 0 spiro atoms. The number of amides is 3. The van der Waals surface area contributed by atoms with E-state index in [4.69, 9.17) is 14.2 Å². The summed E-state index contributed by atoms with van der Waals surface area (Å²) in [6.07, 6.45) is 9.11. The lowest BCUT2D eigenvalue weighted by Gasteiger charge is -2.35. The summed E-state index contributed by atoms with van der Waals surface area (Å²) >= 11 is 0. The van der Waals surface area contributed by atoms with Crippen LogP contribution in [-0.2, 0) is 19.0 Å². The first-order chi connectivity index (χ1) is 20.8. The van der Waals surface area contributed by atoms with Crippen molar-refractivity contribution in [1.29, 1.82) is 0 Å². The molecular formula is C34H61N3O7. The van der Waals surface area contributed by atoms with Gasteiger partial charge in [-0.1, -0.05) is 45.9 Å². The van der Waals surface area contributed by atoms with Crippen molar-refractivity contribution in [3.8, 4) is 0 Å². The molecule has 2 aliphatic heterocycles. The van der Waals surface area contributed by atoms with E-state index in [0.717, 1.165) is 31.3 Å². The molecule has 0 radical (unpaired) electrons. The predicted molar refractivity (Wildman–Crippen MR) is 173 cm³/mol. The fourth-order valence-electron chi connectivity index (χ4n) is 6.65. The first-order valence-corrected chi connectivity index (χ1v) is 16.7. The molecule has 0 aromatic carbocycles. The molecule has 0 aromatic rings. The number of epoxide rings is 1. The molecule has 10 heteroatoms. The third-order valence-electron chi connectivity index (χ3n) is 9.39. The largest absolute Gasteiger partial charge is 0.381 e. The van der Waals surface area contributed by atoms with Crippen LogP contribution in [0.1, 0.15) is 93.9 Å². The summed E-state index contributed by atoms with van der Waals surface area (Å²) in [4.78, 5) is 26.5. The Labute approximate surface area is 266 Å². The van der Waals surface area contributed by atoms with Gasteiger partial charge in [-0.2, -0.15) is 0 Å². The number of ether oxygens (including phenoxy) is 3. The lowest BCUT2D eigenvalue weighted by atomic mass is 9.86. The highest BCUT2D eigenvalue weighted by Crippen LogP contribution is 2.47. The van der Waals surface area contributed by atoms with Crippen LogP contribution in [0, 0.1) is 17.8 Å². The third-order valence-corrected chi connectivity index (χ3v) is 9.39. The number of aliphatic hydroxyl groups is 2. The van der Waals surface area contributed by atoms with Crippen LogP contribution in [0.2, 0.25) is 0 Å². The summed E-state index contributed by atoms with van der Waals surface area (Å²) in [5, 5.41) is 24.9. The zero-order chi connectivity index (χ0) is 33.0. The Balaban J connectivity index is 1.82. The van der Waals surface area contributed by atoms with Gasteiger partial charge in [0.05, 0.1) is 42.5 Å². The van der Waals surface area contributed by atoms with Crippen molar-refractivity contribution in [2.45, 2.75) is 136 Å². The van der Waals surface area contributed by atoms with Crippen LogP contribution in [0.15, 0.2) is 23.8 Å². The maximum atomic E-state index is 12.7. The number of rotatable bonds is 18. The monoisotopic (exact) mass is 623 g/mol. The normalized spacial score (nSPS) is 28.4. The SMILES string of the molecule is CC[C@H](OC)[C@@H](C)[C@H]1O[C@]1(C)C[C@H](C)/C=C/C=C(\C)[C@H]1O[C@@H](CC(=O)NCC[C@H](NC(=O)N(CC)CC)C(O)O)CC[C@@H]1C. The molecule has 3 amide bonds. The number of methoxy groups -OCH3 is 1. The molecule has 4 N–H and O–H groups in total. The van der Waals surface area contributed by atoms with Gasteiger partial charge in [-0.3, -0.25) is 4.79 Å². The van der Waals surface area contributed by atoms with Crippen LogP contribution in [0.25, 0.3) is 0 Å².